The molecular formula is C21H24N2O3. The van der Waals surface area contributed by atoms with Crippen molar-refractivity contribution in [2.24, 2.45) is 5.92 Å². The Balaban J connectivity index is 1.94. The maximum atomic E-state index is 12.9. The van der Waals surface area contributed by atoms with Crippen LogP contribution in [0.3, 0.4) is 0 Å². The van der Waals surface area contributed by atoms with Gasteiger partial charge in [0.2, 0.25) is 5.91 Å². The Hall–Kier alpha value is -2.43. The van der Waals surface area contributed by atoms with Crippen LogP contribution >= 0.6 is 0 Å². The van der Waals surface area contributed by atoms with Crippen molar-refractivity contribution in [3.63, 3.8) is 0 Å². The van der Waals surface area contributed by atoms with Gasteiger partial charge in [-0.2, -0.15) is 0 Å². The molecule has 5 heteroatoms. The van der Waals surface area contributed by atoms with E-state index in [2.05, 4.69) is 11.1 Å². The van der Waals surface area contributed by atoms with Crippen LogP contribution in [0, 0.1) is 5.92 Å². The van der Waals surface area contributed by atoms with Gasteiger partial charge in [0, 0.05) is 23.1 Å². The highest BCUT2D eigenvalue weighted by Gasteiger charge is 2.44. The van der Waals surface area contributed by atoms with Crippen molar-refractivity contribution in [2.75, 3.05) is 11.4 Å². The van der Waals surface area contributed by atoms with E-state index in [1.165, 1.54) is 6.92 Å². The summed E-state index contributed by atoms with van der Waals surface area (Å²) in [7, 11) is 0. The quantitative estimate of drug-likeness (QED) is 0.664. The molecule has 1 aromatic heterocycles. The topological polar surface area (TPSA) is 70.2 Å². The predicted molar refractivity (Wildman–Crippen MR) is 101 cm³/mol. The van der Waals surface area contributed by atoms with Crippen molar-refractivity contribution in [2.45, 2.75) is 52.4 Å². The largest absolute Gasteiger partial charge is 0.352 e. The number of carbonyl (C=O) groups is 3. The number of hydrogen-bond acceptors (Lipinski definition) is 3. The van der Waals surface area contributed by atoms with Gasteiger partial charge in [-0.05, 0) is 70.2 Å². The zero-order valence-electron chi connectivity index (χ0n) is 15.7. The minimum atomic E-state index is -0.575. The van der Waals surface area contributed by atoms with Crippen LogP contribution in [0.4, 0.5) is 5.69 Å². The Morgan fingerprint density at radius 2 is 2.04 bits per heavy atom. The van der Waals surface area contributed by atoms with Gasteiger partial charge in [-0.3, -0.25) is 14.4 Å². The molecule has 0 fully saturated rings. The van der Waals surface area contributed by atoms with Crippen molar-refractivity contribution in [3.8, 4) is 0 Å². The molecule has 1 atom stereocenters. The molecule has 1 aliphatic heterocycles. The minimum Gasteiger partial charge on any atom is -0.352 e. The van der Waals surface area contributed by atoms with Crippen LogP contribution in [0.2, 0.25) is 0 Å². The zero-order valence-corrected chi connectivity index (χ0v) is 15.7. The highest BCUT2D eigenvalue weighted by Crippen LogP contribution is 2.44. The van der Waals surface area contributed by atoms with Gasteiger partial charge < -0.3 is 9.88 Å². The van der Waals surface area contributed by atoms with Gasteiger partial charge >= 0.3 is 0 Å². The first kappa shape index (κ1) is 17.0. The predicted octanol–water partition coefficient (Wildman–Crippen LogP) is 3.54. The van der Waals surface area contributed by atoms with E-state index in [0.29, 0.717) is 18.7 Å². The Kier molecular flexibility index (Phi) is 3.62. The van der Waals surface area contributed by atoms with Crippen LogP contribution in [-0.2, 0) is 21.4 Å². The van der Waals surface area contributed by atoms with Gasteiger partial charge in [-0.15, -0.1) is 0 Å². The summed E-state index contributed by atoms with van der Waals surface area (Å²) in [5.41, 5.74) is 3.80. The van der Waals surface area contributed by atoms with Gasteiger partial charge in [0.25, 0.3) is 0 Å². The summed E-state index contributed by atoms with van der Waals surface area (Å²) in [6, 6.07) is 4.07. The molecule has 0 spiro atoms. The highest BCUT2D eigenvalue weighted by molar-refractivity contribution is 6.14. The van der Waals surface area contributed by atoms with Crippen molar-refractivity contribution >= 4 is 34.1 Å². The molecule has 0 bridgehead atoms. The number of H-pyrrole nitrogens is 1. The number of ketones is 2. The van der Waals surface area contributed by atoms with Crippen LogP contribution in [0.5, 0.6) is 0 Å². The first-order valence-electron chi connectivity index (χ1n) is 9.33. The average Bonchev–Trinajstić information content (AvgIpc) is 2.96. The number of anilines is 1. The van der Waals surface area contributed by atoms with Gasteiger partial charge in [-0.25, -0.2) is 0 Å². The van der Waals surface area contributed by atoms with E-state index in [0.717, 1.165) is 40.6 Å². The number of fused-ring (bicyclic) bond motifs is 4. The summed E-state index contributed by atoms with van der Waals surface area (Å²) in [5, 5.41) is 1.00. The lowest BCUT2D eigenvalue weighted by atomic mass is 9.85. The summed E-state index contributed by atoms with van der Waals surface area (Å²) < 4.78 is 0. The number of Topliss-reactive ketones (excluding diaryl/α,β-unsaturated/α-hetero) is 2. The second-order valence-corrected chi connectivity index (χ2v) is 7.99. The lowest BCUT2D eigenvalue weighted by molar-refractivity contribution is -0.122. The van der Waals surface area contributed by atoms with Crippen molar-refractivity contribution in [3.05, 3.63) is 29.0 Å². The Bertz CT molecular complexity index is 967. The Morgan fingerprint density at radius 1 is 1.31 bits per heavy atom. The molecule has 1 aliphatic carbocycles. The summed E-state index contributed by atoms with van der Waals surface area (Å²) in [6.07, 6.45) is 2.19. The molecule has 2 aliphatic rings. The molecule has 2 heterocycles. The number of nitrogens with zero attached hydrogens (tertiary/aromatic N) is 1. The molecule has 0 radical (unpaired) electrons. The summed E-state index contributed by atoms with van der Waals surface area (Å²) in [4.78, 5) is 42.6. The highest BCUT2D eigenvalue weighted by atomic mass is 16.2. The molecule has 1 unspecified atom stereocenters. The maximum absolute atomic E-state index is 12.9. The molecule has 26 heavy (non-hydrogen) atoms. The molecule has 1 N–H and O–H groups in total. The van der Waals surface area contributed by atoms with Crippen LogP contribution in [0.1, 0.15) is 62.2 Å². The fourth-order valence-corrected chi connectivity index (χ4v) is 4.53. The first-order valence-corrected chi connectivity index (χ1v) is 9.33. The van der Waals surface area contributed by atoms with E-state index in [4.69, 9.17) is 0 Å². The van der Waals surface area contributed by atoms with Gasteiger partial charge in [0.15, 0.2) is 5.78 Å². The number of aromatic nitrogens is 1. The number of likely N-dealkylation sites (N-methyl/N-ethyl adjacent to an activating group) is 1. The molecule has 4 rings (SSSR count). The summed E-state index contributed by atoms with van der Waals surface area (Å²) >= 11 is 0. The fraction of sp³-hybridized carbons (Fsp3) is 0.476. The molecule has 0 saturated carbocycles. The monoisotopic (exact) mass is 352 g/mol. The smallest absolute Gasteiger partial charge is 0.237 e. The van der Waals surface area contributed by atoms with Crippen molar-refractivity contribution in [1.82, 2.24) is 4.98 Å². The maximum Gasteiger partial charge on any atom is 0.237 e. The van der Waals surface area contributed by atoms with E-state index >= 15 is 0 Å². The Morgan fingerprint density at radius 3 is 2.69 bits per heavy atom. The lowest BCUT2D eigenvalue weighted by Crippen LogP contribution is -2.35. The van der Waals surface area contributed by atoms with Gasteiger partial charge in [0.1, 0.15) is 5.78 Å². The standard InChI is InChI=1S/C21H24N2O3/c1-5-23-17-9-14-13-8-6-7-12(11(2)24)19(25)18(13)22-16(14)10-15(17)21(3,4)20(23)26/h9-10,12,22H,5-8H2,1-4H3. The number of aryl methyl sites for hydroxylation is 1. The number of benzene rings is 1. The van der Waals surface area contributed by atoms with Gasteiger partial charge in [0.05, 0.1) is 17.0 Å². The lowest BCUT2D eigenvalue weighted by Gasteiger charge is -2.18. The SMILES string of the molecule is CCN1C(=O)C(C)(C)c2cc3[nH]c4c(c3cc21)CCCC(C(C)=O)C4=O. The number of hydrogen-bond donors (Lipinski definition) is 1. The van der Waals surface area contributed by atoms with Gasteiger partial charge in [-0.1, -0.05) is 0 Å². The number of carbonyl (C=O) groups excluding carboxylic acids is 3. The van der Waals surface area contributed by atoms with Crippen LogP contribution in [0.25, 0.3) is 10.9 Å². The first-order chi connectivity index (χ1) is 12.3. The van der Waals surface area contributed by atoms with Crippen LogP contribution in [-0.4, -0.2) is 29.0 Å². The molecule has 1 aromatic carbocycles. The van der Waals surface area contributed by atoms with E-state index in [1.54, 1.807) is 0 Å². The van der Waals surface area contributed by atoms with Crippen LogP contribution in [0.15, 0.2) is 12.1 Å². The molecule has 1 amide bonds. The third-order valence-electron chi connectivity index (χ3n) is 6.06. The second kappa shape index (κ2) is 5.53. The van der Waals surface area contributed by atoms with E-state index in [1.807, 2.05) is 31.7 Å². The number of aromatic amines is 1. The van der Waals surface area contributed by atoms with E-state index < -0.39 is 11.3 Å². The summed E-state index contributed by atoms with van der Waals surface area (Å²) in [5.74, 6) is -0.584. The van der Waals surface area contributed by atoms with E-state index in [9.17, 15) is 14.4 Å². The normalized spacial score (nSPS) is 21.7. The average molecular weight is 352 g/mol. The minimum absolute atomic E-state index is 0.0621. The molecule has 2 aromatic rings. The number of rotatable bonds is 2. The number of amides is 1. The van der Waals surface area contributed by atoms with E-state index in [-0.39, 0.29) is 17.5 Å². The third kappa shape index (κ3) is 2.12. The van der Waals surface area contributed by atoms with Crippen LogP contribution < -0.4 is 4.90 Å². The van der Waals surface area contributed by atoms with Crippen molar-refractivity contribution < 1.29 is 14.4 Å². The van der Waals surface area contributed by atoms with Crippen molar-refractivity contribution in [1.29, 1.82) is 0 Å². The third-order valence-corrected chi connectivity index (χ3v) is 6.06. The second-order valence-electron chi connectivity index (χ2n) is 7.99. The molecule has 136 valence electrons. The zero-order chi connectivity index (χ0) is 18.8. The summed E-state index contributed by atoms with van der Waals surface area (Å²) in [6.45, 7) is 7.99. The Labute approximate surface area is 152 Å². The number of nitrogens with one attached hydrogen (secondary N) is 1. The fourth-order valence-electron chi connectivity index (χ4n) is 4.53. The molecule has 5 nitrogen and oxygen atoms in total. The molecular weight excluding hydrogens is 328 g/mol. The molecule has 0 saturated heterocycles.